The number of rotatable bonds is 3. The predicted molar refractivity (Wildman–Crippen MR) is 108 cm³/mol. The third-order valence-corrected chi connectivity index (χ3v) is 5.75. The maximum absolute atomic E-state index is 11.8. The average Bonchev–Trinajstić information content (AvgIpc) is 2.67. The second kappa shape index (κ2) is 7.78. The van der Waals surface area contributed by atoms with Gasteiger partial charge in [-0.3, -0.25) is 9.59 Å². The topological polar surface area (TPSA) is 52.6 Å². The van der Waals surface area contributed by atoms with Crippen LogP contribution in [0.2, 0.25) is 0 Å². The Morgan fingerprint density at radius 1 is 0.643 bits per heavy atom. The van der Waals surface area contributed by atoms with E-state index in [1.165, 1.54) is 48.9 Å². The summed E-state index contributed by atoms with van der Waals surface area (Å²) in [4.78, 5) is 23.6. The first kappa shape index (κ1) is 18.7. The summed E-state index contributed by atoms with van der Waals surface area (Å²) in [5.41, 5.74) is 6.97. The van der Waals surface area contributed by atoms with Gasteiger partial charge in [0.15, 0.2) is 0 Å². The first-order valence-corrected chi connectivity index (χ1v) is 10.2. The highest BCUT2D eigenvalue weighted by Crippen LogP contribution is 2.46. The van der Waals surface area contributed by atoms with Gasteiger partial charge in [-0.1, -0.05) is 12.1 Å². The Morgan fingerprint density at radius 3 is 1.43 bits per heavy atom. The van der Waals surface area contributed by atoms with Gasteiger partial charge in [0.1, 0.15) is 11.5 Å². The van der Waals surface area contributed by atoms with Crippen LogP contribution in [0.1, 0.15) is 61.8 Å². The van der Waals surface area contributed by atoms with Crippen LogP contribution in [0, 0.1) is 0 Å². The molecule has 0 atom stereocenters. The summed E-state index contributed by atoms with van der Waals surface area (Å²) in [6.45, 7) is 2.85. The van der Waals surface area contributed by atoms with Crippen molar-refractivity contribution in [3.63, 3.8) is 0 Å². The lowest BCUT2D eigenvalue weighted by atomic mass is 9.80. The van der Waals surface area contributed by atoms with Gasteiger partial charge in [0, 0.05) is 25.0 Å². The molecule has 0 spiro atoms. The van der Waals surface area contributed by atoms with E-state index in [0.29, 0.717) is 11.5 Å². The van der Waals surface area contributed by atoms with Crippen molar-refractivity contribution in [3.05, 3.63) is 46.5 Å². The van der Waals surface area contributed by atoms with Crippen molar-refractivity contribution in [2.24, 2.45) is 0 Å². The molecule has 4 heteroatoms. The van der Waals surface area contributed by atoms with E-state index in [9.17, 15) is 9.59 Å². The van der Waals surface area contributed by atoms with E-state index < -0.39 is 0 Å². The summed E-state index contributed by atoms with van der Waals surface area (Å²) in [7, 11) is 0. The molecule has 0 radical (unpaired) electrons. The number of hydrogen-bond donors (Lipinski definition) is 0. The van der Waals surface area contributed by atoms with Crippen molar-refractivity contribution in [3.8, 4) is 22.6 Å². The zero-order chi connectivity index (χ0) is 19.7. The number of esters is 2. The van der Waals surface area contributed by atoms with Crippen LogP contribution in [-0.2, 0) is 35.3 Å². The molecule has 0 saturated heterocycles. The smallest absolute Gasteiger partial charge is 0.308 e. The minimum absolute atomic E-state index is 0.337. The van der Waals surface area contributed by atoms with Crippen LogP contribution in [0.3, 0.4) is 0 Å². The zero-order valence-electron chi connectivity index (χ0n) is 16.6. The number of ether oxygens (including phenoxy) is 2. The highest BCUT2D eigenvalue weighted by atomic mass is 16.5. The molecule has 4 rings (SSSR count). The predicted octanol–water partition coefficient (Wildman–Crippen LogP) is 4.96. The Labute approximate surface area is 165 Å². The van der Waals surface area contributed by atoms with Crippen LogP contribution < -0.4 is 9.47 Å². The lowest BCUT2D eigenvalue weighted by Gasteiger charge is -2.27. The molecule has 0 N–H and O–H groups in total. The van der Waals surface area contributed by atoms with Crippen LogP contribution in [0.5, 0.6) is 11.5 Å². The first-order chi connectivity index (χ1) is 13.5. The van der Waals surface area contributed by atoms with E-state index in [1.54, 1.807) is 0 Å². The molecule has 28 heavy (non-hydrogen) atoms. The fourth-order valence-corrected chi connectivity index (χ4v) is 4.64. The summed E-state index contributed by atoms with van der Waals surface area (Å²) in [6, 6.07) is 7.97. The Hall–Kier alpha value is -2.62. The molecular weight excluding hydrogens is 352 g/mol. The SMILES string of the molecule is CC(=O)Oc1ccc2c(c1-c1c(OC(C)=O)ccc3c1CCCC3)CCCC2. The largest absolute Gasteiger partial charge is 0.426 e. The molecule has 146 valence electrons. The Balaban J connectivity index is 2.02. The number of fused-ring (bicyclic) bond motifs is 2. The fourth-order valence-electron chi connectivity index (χ4n) is 4.64. The maximum Gasteiger partial charge on any atom is 0.308 e. The van der Waals surface area contributed by atoms with Gasteiger partial charge >= 0.3 is 11.9 Å². The Kier molecular flexibility index (Phi) is 5.21. The molecule has 0 amide bonds. The standard InChI is InChI=1S/C24H26O4/c1-15(25)27-21-13-11-17-7-3-5-9-19(17)23(21)24-20-10-6-4-8-18(20)12-14-22(24)28-16(2)26/h11-14H,3-10H2,1-2H3. The highest BCUT2D eigenvalue weighted by Gasteiger charge is 2.27. The molecule has 2 aliphatic rings. The van der Waals surface area contributed by atoms with Crippen LogP contribution >= 0.6 is 0 Å². The van der Waals surface area contributed by atoms with E-state index in [4.69, 9.17) is 9.47 Å². The lowest BCUT2D eigenvalue weighted by molar-refractivity contribution is -0.132. The van der Waals surface area contributed by atoms with Gasteiger partial charge in [-0.2, -0.15) is 0 Å². The zero-order valence-corrected chi connectivity index (χ0v) is 16.6. The van der Waals surface area contributed by atoms with Gasteiger partial charge in [0.25, 0.3) is 0 Å². The summed E-state index contributed by atoms with van der Waals surface area (Å²) < 4.78 is 11.3. The molecule has 2 aromatic rings. The van der Waals surface area contributed by atoms with Crippen molar-refractivity contribution in [2.75, 3.05) is 0 Å². The average molecular weight is 378 g/mol. The summed E-state index contributed by atoms with van der Waals surface area (Å²) in [5.74, 6) is 0.465. The number of aryl methyl sites for hydroxylation is 2. The molecule has 2 aliphatic carbocycles. The number of carbonyl (C=O) groups excluding carboxylic acids is 2. The molecule has 0 aromatic heterocycles. The van der Waals surface area contributed by atoms with Gasteiger partial charge in [-0.25, -0.2) is 0 Å². The molecule has 0 aliphatic heterocycles. The van der Waals surface area contributed by atoms with Gasteiger partial charge in [-0.15, -0.1) is 0 Å². The van der Waals surface area contributed by atoms with E-state index in [2.05, 4.69) is 12.1 Å². The van der Waals surface area contributed by atoms with Gasteiger partial charge in [-0.05, 0) is 85.8 Å². The second-order valence-electron chi connectivity index (χ2n) is 7.75. The summed E-state index contributed by atoms with van der Waals surface area (Å²) in [5, 5.41) is 0. The quantitative estimate of drug-likeness (QED) is 0.559. The second-order valence-corrected chi connectivity index (χ2v) is 7.75. The lowest BCUT2D eigenvalue weighted by Crippen LogP contribution is -2.13. The van der Waals surface area contributed by atoms with Crippen molar-refractivity contribution in [2.45, 2.75) is 65.2 Å². The fraction of sp³-hybridized carbons (Fsp3) is 0.417. The minimum Gasteiger partial charge on any atom is -0.426 e. The monoisotopic (exact) mass is 378 g/mol. The molecule has 2 aromatic carbocycles. The summed E-state index contributed by atoms with van der Waals surface area (Å²) >= 11 is 0. The third kappa shape index (κ3) is 3.56. The van der Waals surface area contributed by atoms with Gasteiger partial charge in [0.2, 0.25) is 0 Å². The normalized spacial score (nSPS) is 15.4. The molecule has 0 saturated carbocycles. The molecular formula is C24H26O4. The third-order valence-electron chi connectivity index (χ3n) is 5.75. The number of carbonyl (C=O) groups is 2. The van der Waals surface area contributed by atoms with E-state index >= 15 is 0 Å². The molecule has 0 heterocycles. The Morgan fingerprint density at radius 2 is 1.04 bits per heavy atom. The van der Waals surface area contributed by atoms with Crippen LogP contribution in [0.4, 0.5) is 0 Å². The van der Waals surface area contributed by atoms with Crippen LogP contribution in [0.15, 0.2) is 24.3 Å². The minimum atomic E-state index is -0.337. The van der Waals surface area contributed by atoms with Crippen LogP contribution in [0.25, 0.3) is 11.1 Å². The van der Waals surface area contributed by atoms with Gasteiger partial charge in [0.05, 0.1) is 0 Å². The van der Waals surface area contributed by atoms with Crippen molar-refractivity contribution >= 4 is 11.9 Å². The summed E-state index contributed by atoms with van der Waals surface area (Å²) in [6.07, 6.45) is 8.52. The molecule has 0 unspecified atom stereocenters. The number of hydrogen-bond acceptors (Lipinski definition) is 4. The maximum atomic E-state index is 11.8. The van der Waals surface area contributed by atoms with Crippen LogP contribution in [-0.4, -0.2) is 11.9 Å². The van der Waals surface area contributed by atoms with Crippen molar-refractivity contribution < 1.29 is 19.1 Å². The molecule has 0 bridgehead atoms. The molecule has 4 nitrogen and oxygen atoms in total. The van der Waals surface area contributed by atoms with E-state index in [1.807, 2.05) is 12.1 Å². The Bertz CT molecular complexity index is 865. The van der Waals surface area contributed by atoms with Gasteiger partial charge < -0.3 is 9.47 Å². The van der Waals surface area contributed by atoms with Crippen molar-refractivity contribution in [1.29, 1.82) is 0 Å². The number of benzene rings is 2. The molecule has 0 fully saturated rings. The first-order valence-electron chi connectivity index (χ1n) is 10.2. The van der Waals surface area contributed by atoms with E-state index in [0.717, 1.165) is 49.7 Å². The van der Waals surface area contributed by atoms with E-state index in [-0.39, 0.29) is 11.9 Å². The highest BCUT2D eigenvalue weighted by molar-refractivity contribution is 5.87. The van der Waals surface area contributed by atoms with Crippen molar-refractivity contribution in [1.82, 2.24) is 0 Å².